The third kappa shape index (κ3) is 4.58. The average molecular weight is 399 g/mol. The molecule has 3 rings (SSSR count). The predicted octanol–water partition coefficient (Wildman–Crippen LogP) is 1.71. The van der Waals surface area contributed by atoms with Crippen LogP contribution in [0.3, 0.4) is 0 Å². The van der Waals surface area contributed by atoms with Gasteiger partial charge in [0.1, 0.15) is 12.3 Å². The van der Waals surface area contributed by atoms with E-state index in [-0.39, 0.29) is 36.3 Å². The van der Waals surface area contributed by atoms with Crippen LogP contribution < -0.4 is 25.6 Å². The number of nitrogens with one attached hydrogen (secondary N) is 3. The zero-order chi connectivity index (χ0) is 21.0. The number of nitro groups is 1. The largest absolute Gasteiger partial charge is 0.482 e. The molecule has 0 bridgehead atoms. The Bertz CT molecular complexity index is 975. The van der Waals surface area contributed by atoms with E-state index in [9.17, 15) is 24.5 Å². The summed E-state index contributed by atoms with van der Waals surface area (Å²) >= 11 is 0. The number of non-ortho nitro benzene ring substituents is 1. The molecule has 0 aromatic heterocycles. The fraction of sp³-hybridized carbons (Fsp3) is 0.167. The minimum Gasteiger partial charge on any atom is -0.482 e. The van der Waals surface area contributed by atoms with Crippen LogP contribution in [-0.4, -0.2) is 43.0 Å². The highest BCUT2D eigenvalue weighted by Gasteiger charge is 2.29. The number of nitrogens with zero attached hydrogens (tertiary/aromatic N) is 2. The summed E-state index contributed by atoms with van der Waals surface area (Å²) in [6.45, 7) is -0.605. The van der Waals surface area contributed by atoms with Gasteiger partial charge in [-0.3, -0.25) is 24.6 Å². The molecule has 0 unspecified atom stereocenters. The van der Waals surface area contributed by atoms with Gasteiger partial charge in [0, 0.05) is 30.6 Å². The van der Waals surface area contributed by atoms with Gasteiger partial charge in [-0.05, 0) is 30.3 Å². The molecule has 0 atom stereocenters. The maximum atomic E-state index is 12.4. The second-order valence-electron chi connectivity index (χ2n) is 6.01. The number of nitro benzene ring substituents is 1. The van der Waals surface area contributed by atoms with E-state index in [4.69, 9.17) is 4.74 Å². The third-order valence-electron chi connectivity index (χ3n) is 4.05. The summed E-state index contributed by atoms with van der Waals surface area (Å²) in [6.07, 6.45) is 0. The molecule has 1 aliphatic heterocycles. The highest BCUT2D eigenvalue weighted by Crippen LogP contribution is 2.35. The molecule has 0 fully saturated rings. The summed E-state index contributed by atoms with van der Waals surface area (Å²) in [5.74, 6) is -0.699. The number of ether oxygens (including phenoxy) is 1. The van der Waals surface area contributed by atoms with Crippen molar-refractivity contribution in [3.8, 4) is 5.75 Å². The van der Waals surface area contributed by atoms with Gasteiger partial charge in [-0.25, -0.2) is 4.79 Å². The predicted molar refractivity (Wildman–Crippen MR) is 104 cm³/mol. The van der Waals surface area contributed by atoms with Crippen LogP contribution in [0.5, 0.6) is 5.75 Å². The van der Waals surface area contributed by atoms with E-state index in [2.05, 4.69) is 16.0 Å². The van der Waals surface area contributed by atoms with Gasteiger partial charge in [0.15, 0.2) is 6.61 Å². The number of carbonyl (C=O) groups excluding carboxylic acids is 3. The first-order valence-electron chi connectivity index (χ1n) is 8.47. The quantitative estimate of drug-likeness (QED) is 0.516. The van der Waals surface area contributed by atoms with Crippen LogP contribution >= 0.6 is 0 Å². The molecule has 2 aromatic carbocycles. The summed E-state index contributed by atoms with van der Waals surface area (Å²) < 4.78 is 5.27. The van der Waals surface area contributed by atoms with E-state index in [1.54, 1.807) is 24.3 Å². The number of fused-ring (bicyclic) bond motifs is 1. The fourth-order valence-corrected chi connectivity index (χ4v) is 2.65. The zero-order valence-corrected chi connectivity index (χ0v) is 15.3. The number of benzene rings is 2. The van der Waals surface area contributed by atoms with Crippen molar-refractivity contribution in [3.63, 3.8) is 0 Å². The number of anilines is 3. The van der Waals surface area contributed by atoms with Gasteiger partial charge < -0.3 is 20.7 Å². The van der Waals surface area contributed by atoms with Crippen LogP contribution in [0.25, 0.3) is 0 Å². The minimum atomic E-state index is -0.591. The van der Waals surface area contributed by atoms with Crippen molar-refractivity contribution < 1.29 is 24.0 Å². The molecule has 11 heteroatoms. The Morgan fingerprint density at radius 3 is 2.41 bits per heavy atom. The van der Waals surface area contributed by atoms with Gasteiger partial charge in [-0.2, -0.15) is 0 Å². The second-order valence-corrected chi connectivity index (χ2v) is 6.01. The fourth-order valence-electron chi connectivity index (χ4n) is 2.65. The molecule has 0 spiro atoms. The summed E-state index contributed by atoms with van der Waals surface area (Å²) in [7, 11) is 1.49. The van der Waals surface area contributed by atoms with E-state index < -0.39 is 16.7 Å². The number of carbonyl (C=O) groups is 3. The zero-order valence-electron chi connectivity index (χ0n) is 15.3. The van der Waals surface area contributed by atoms with Crippen molar-refractivity contribution in [1.29, 1.82) is 0 Å². The van der Waals surface area contributed by atoms with Crippen molar-refractivity contribution in [2.75, 3.05) is 35.7 Å². The smallest absolute Gasteiger partial charge is 0.318 e. The van der Waals surface area contributed by atoms with E-state index in [0.29, 0.717) is 11.4 Å². The molecule has 150 valence electrons. The van der Waals surface area contributed by atoms with E-state index in [1.807, 2.05) is 0 Å². The normalized spacial score (nSPS) is 12.4. The number of amides is 4. The Labute approximate surface area is 164 Å². The maximum absolute atomic E-state index is 12.4. The Hall–Kier alpha value is -4.15. The Balaban J connectivity index is 1.71. The number of hydrogen-bond acceptors (Lipinski definition) is 6. The topological polar surface area (TPSA) is 143 Å². The van der Waals surface area contributed by atoms with Crippen LogP contribution in [-0.2, 0) is 9.59 Å². The first-order valence-corrected chi connectivity index (χ1v) is 8.47. The molecule has 0 aliphatic carbocycles. The summed E-state index contributed by atoms with van der Waals surface area (Å²) in [5.41, 5.74) is 0.937. The molecular weight excluding hydrogens is 382 g/mol. The molecule has 11 nitrogen and oxygen atoms in total. The van der Waals surface area contributed by atoms with Crippen molar-refractivity contribution in [2.45, 2.75) is 0 Å². The monoisotopic (exact) mass is 399 g/mol. The first kappa shape index (κ1) is 19.6. The summed E-state index contributed by atoms with van der Waals surface area (Å²) in [5, 5.41) is 18.6. The second kappa shape index (κ2) is 8.25. The Morgan fingerprint density at radius 1 is 1.14 bits per heavy atom. The van der Waals surface area contributed by atoms with Crippen molar-refractivity contribution in [2.24, 2.45) is 0 Å². The molecule has 4 amide bonds. The standard InChI is InChI=1S/C18H17N5O6/c1-19-18(26)21-12-4-2-11(3-5-12)20-16(24)9-22-14-8-13(23(27)28)6-7-15(14)29-10-17(22)25/h2-8H,9-10H2,1H3,(H,20,24)(H2,19,21,26). The van der Waals surface area contributed by atoms with Gasteiger partial charge >= 0.3 is 6.03 Å². The summed E-state index contributed by atoms with van der Waals surface area (Å²) in [4.78, 5) is 47.4. The van der Waals surface area contributed by atoms with Gasteiger partial charge in [0.05, 0.1) is 10.6 Å². The van der Waals surface area contributed by atoms with E-state index in [1.165, 1.54) is 25.2 Å². The lowest BCUT2D eigenvalue weighted by Crippen LogP contribution is -2.43. The number of rotatable bonds is 5. The number of urea groups is 1. The molecule has 1 heterocycles. The molecular formula is C18H17N5O6. The van der Waals surface area contributed by atoms with Gasteiger partial charge in [0.25, 0.3) is 11.6 Å². The van der Waals surface area contributed by atoms with Gasteiger partial charge in [-0.1, -0.05) is 0 Å². The van der Waals surface area contributed by atoms with Gasteiger partial charge in [-0.15, -0.1) is 0 Å². The first-order chi connectivity index (χ1) is 13.9. The lowest BCUT2D eigenvalue weighted by Gasteiger charge is -2.28. The van der Waals surface area contributed by atoms with Crippen LogP contribution in [0, 0.1) is 10.1 Å². The average Bonchev–Trinajstić information content (AvgIpc) is 2.71. The van der Waals surface area contributed by atoms with Crippen LogP contribution in [0.1, 0.15) is 0 Å². The van der Waals surface area contributed by atoms with Crippen molar-refractivity contribution in [3.05, 3.63) is 52.6 Å². The van der Waals surface area contributed by atoms with E-state index >= 15 is 0 Å². The van der Waals surface area contributed by atoms with Crippen molar-refractivity contribution in [1.82, 2.24) is 5.32 Å². The van der Waals surface area contributed by atoms with Gasteiger partial charge in [0.2, 0.25) is 5.91 Å². The molecule has 1 aliphatic rings. The number of hydrogen-bond donors (Lipinski definition) is 3. The van der Waals surface area contributed by atoms with Crippen LogP contribution in [0.2, 0.25) is 0 Å². The lowest BCUT2D eigenvalue weighted by molar-refractivity contribution is -0.384. The van der Waals surface area contributed by atoms with Crippen molar-refractivity contribution >= 4 is 40.6 Å². The summed E-state index contributed by atoms with van der Waals surface area (Å²) in [6, 6.07) is 9.85. The highest BCUT2D eigenvalue weighted by atomic mass is 16.6. The molecule has 0 saturated heterocycles. The third-order valence-corrected chi connectivity index (χ3v) is 4.05. The molecule has 0 saturated carbocycles. The SMILES string of the molecule is CNC(=O)Nc1ccc(NC(=O)CN2C(=O)COc3ccc([N+](=O)[O-])cc32)cc1. The van der Waals surface area contributed by atoms with Crippen LogP contribution in [0.4, 0.5) is 27.5 Å². The molecule has 29 heavy (non-hydrogen) atoms. The Kier molecular flexibility index (Phi) is 5.58. The Morgan fingerprint density at radius 2 is 1.79 bits per heavy atom. The molecule has 3 N–H and O–H groups in total. The van der Waals surface area contributed by atoms with E-state index in [0.717, 1.165) is 4.90 Å². The maximum Gasteiger partial charge on any atom is 0.318 e. The lowest BCUT2D eigenvalue weighted by atomic mass is 10.2. The minimum absolute atomic E-state index is 0.163. The highest BCUT2D eigenvalue weighted by molar-refractivity contribution is 6.05. The molecule has 0 radical (unpaired) electrons. The van der Waals surface area contributed by atoms with Crippen LogP contribution in [0.15, 0.2) is 42.5 Å². The molecule has 2 aromatic rings.